The van der Waals surface area contributed by atoms with Crippen molar-refractivity contribution in [2.24, 2.45) is 5.92 Å². The molecule has 0 radical (unpaired) electrons. The lowest BCUT2D eigenvalue weighted by molar-refractivity contribution is -0.138. The van der Waals surface area contributed by atoms with Crippen LogP contribution in [0.15, 0.2) is 6.07 Å². The fourth-order valence-corrected chi connectivity index (χ4v) is 2.33. The highest BCUT2D eigenvalue weighted by Crippen LogP contribution is 2.24. The highest BCUT2D eigenvalue weighted by Gasteiger charge is 2.31. The Bertz CT molecular complexity index is 606. The third kappa shape index (κ3) is 2.98. The van der Waals surface area contributed by atoms with Crippen LogP contribution in [0.2, 0.25) is 0 Å². The molecule has 1 aromatic rings. The second-order valence-electron chi connectivity index (χ2n) is 4.85. The van der Waals surface area contributed by atoms with Crippen molar-refractivity contribution in [2.45, 2.75) is 12.8 Å². The van der Waals surface area contributed by atoms with Crippen LogP contribution in [-0.4, -0.2) is 35.0 Å². The summed E-state index contributed by atoms with van der Waals surface area (Å²) in [5, 5.41) is 8.66. The number of amides is 1. The van der Waals surface area contributed by atoms with E-state index in [4.69, 9.17) is 5.11 Å². The number of hydrogen-bond acceptors (Lipinski definition) is 2. The van der Waals surface area contributed by atoms with E-state index in [2.05, 4.69) is 0 Å². The van der Waals surface area contributed by atoms with Gasteiger partial charge in [-0.3, -0.25) is 9.59 Å². The molecule has 4 nitrogen and oxygen atoms in total. The number of carbonyl (C=O) groups is 2. The maximum atomic E-state index is 13.5. The van der Waals surface area contributed by atoms with E-state index in [9.17, 15) is 27.2 Å². The standard InChI is InChI=1S/C13H11F4NO3/c14-8-4-7(10(15)12(17)11(8)16)13(21)18-2-1-6(5-18)3-9(19)20/h4,6H,1-3,5H2,(H,19,20). The van der Waals surface area contributed by atoms with Crippen LogP contribution in [0.1, 0.15) is 23.2 Å². The van der Waals surface area contributed by atoms with Crippen molar-refractivity contribution in [1.29, 1.82) is 0 Å². The largest absolute Gasteiger partial charge is 0.481 e. The maximum Gasteiger partial charge on any atom is 0.303 e. The molecule has 1 aliphatic heterocycles. The lowest BCUT2D eigenvalue weighted by atomic mass is 10.1. The van der Waals surface area contributed by atoms with E-state index in [1.807, 2.05) is 0 Å². The minimum Gasteiger partial charge on any atom is -0.481 e. The molecular weight excluding hydrogens is 294 g/mol. The van der Waals surface area contributed by atoms with Crippen LogP contribution in [0.4, 0.5) is 17.6 Å². The summed E-state index contributed by atoms with van der Waals surface area (Å²) in [4.78, 5) is 23.7. The van der Waals surface area contributed by atoms with Gasteiger partial charge in [0, 0.05) is 19.5 Å². The SMILES string of the molecule is O=C(O)CC1CCN(C(=O)c2cc(F)c(F)c(F)c2F)C1. The van der Waals surface area contributed by atoms with Gasteiger partial charge in [-0.2, -0.15) is 0 Å². The van der Waals surface area contributed by atoms with Gasteiger partial charge in [-0.25, -0.2) is 17.6 Å². The maximum absolute atomic E-state index is 13.5. The van der Waals surface area contributed by atoms with Crippen molar-refractivity contribution in [3.8, 4) is 0 Å². The topological polar surface area (TPSA) is 57.6 Å². The third-order valence-electron chi connectivity index (χ3n) is 3.37. The van der Waals surface area contributed by atoms with Crippen LogP contribution in [0, 0.1) is 29.2 Å². The molecule has 1 N–H and O–H groups in total. The van der Waals surface area contributed by atoms with Crippen molar-refractivity contribution >= 4 is 11.9 Å². The van der Waals surface area contributed by atoms with Crippen molar-refractivity contribution in [1.82, 2.24) is 4.90 Å². The molecule has 0 spiro atoms. The lowest BCUT2D eigenvalue weighted by Crippen LogP contribution is -2.30. The number of likely N-dealkylation sites (tertiary alicyclic amines) is 1. The van der Waals surface area contributed by atoms with E-state index in [0.717, 1.165) is 4.90 Å². The van der Waals surface area contributed by atoms with E-state index in [1.54, 1.807) is 0 Å². The third-order valence-corrected chi connectivity index (χ3v) is 3.37. The first-order chi connectivity index (χ1) is 9.81. The van der Waals surface area contributed by atoms with Crippen LogP contribution in [0.3, 0.4) is 0 Å². The van der Waals surface area contributed by atoms with E-state index in [1.165, 1.54) is 0 Å². The number of carboxylic acid groups (broad SMARTS) is 1. The van der Waals surface area contributed by atoms with E-state index in [-0.39, 0.29) is 25.4 Å². The second-order valence-corrected chi connectivity index (χ2v) is 4.85. The second kappa shape index (κ2) is 5.71. The highest BCUT2D eigenvalue weighted by molar-refractivity contribution is 5.94. The quantitative estimate of drug-likeness (QED) is 0.529. The number of rotatable bonds is 3. The molecule has 2 rings (SSSR count). The molecule has 0 saturated carbocycles. The van der Waals surface area contributed by atoms with Gasteiger partial charge in [-0.1, -0.05) is 0 Å². The van der Waals surface area contributed by atoms with Crippen LogP contribution in [-0.2, 0) is 4.79 Å². The van der Waals surface area contributed by atoms with E-state index in [0.29, 0.717) is 12.5 Å². The number of aliphatic carboxylic acids is 1. The molecule has 1 aromatic carbocycles. The summed E-state index contributed by atoms with van der Waals surface area (Å²) in [5.41, 5.74) is -0.901. The zero-order valence-electron chi connectivity index (χ0n) is 10.7. The fourth-order valence-electron chi connectivity index (χ4n) is 2.33. The van der Waals surface area contributed by atoms with Gasteiger partial charge in [0.1, 0.15) is 0 Å². The number of hydrogen-bond donors (Lipinski definition) is 1. The van der Waals surface area contributed by atoms with Crippen molar-refractivity contribution in [3.05, 3.63) is 34.9 Å². The minimum atomic E-state index is -2.04. The van der Waals surface area contributed by atoms with Gasteiger partial charge in [0.2, 0.25) is 0 Å². The summed E-state index contributed by atoms with van der Waals surface area (Å²) >= 11 is 0. The molecule has 0 aliphatic carbocycles. The zero-order chi connectivity index (χ0) is 15.7. The number of halogens is 4. The minimum absolute atomic E-state index is 0.0468. The van der Waals surface area contributed by atoms with Crippen molar-refractivity contribution in [2.75, 3.05) is 13.1 Å². The molecule has 0 bridgehead atoms. The van der Waals surface area contributed by atoms with Crippen molar-refractivity contribution in [3.63, 3.8) is 0 Å². The molecular formula is C13H11F4NO3. The number of carboxylic acids is 1. The lowest BCUT2D eigenvalue weighted by Gasteiger charge is -2.17. The molecule has 0 aromatic heterocycles. The molecule has 1 atom stereocenters. The molecule has 1 aliphatic rings. The summed E-state index contributed by atoms with van der Waals surface area (Å²) in [7, 11) is 0. The van der Waals surface area contributed by atoms with Gasteiger partial charge in [0.05, 0.1) is 5.56 Å². The average molecular weight is 305 g/mol. The summed E-state index contributed by atoms with van der Waals surface area (Å²) in [6.45, 7) is 0.196. The summed E-state index contributed by atoms with van der Waals surface area (Å²) in [6, 6.07) is 0.306. The predicted octanol–water partition coefficient (Wildman–Crippen LogP) is 2.18. The normalized spacial score (nSPS) is 18.1. The van der Waals surface area contributed by atoms with Crippen LogP contribution >= 0.6 is 0 Å². The monoisotopic (exact) mass is 305 g/mol. The van der Waals surface area contributed by atoms with Crippen LogP contribution in [0.25, 0.3) is 0 Å². The molecule has 1 fully saturated rings. The number of carbonyl (C=O) groups excluding carboxylic acids is 1. The Hall–Kier alpha value is -2.12. The van der Waals surface area contributed by atoms with Gasteiger partial charge in [0.15, 0.2) is 23.3 Å². The Balaban J connectivity index is 2.20. The Morgan fingerprint density at radius 1 is 1.19 bits per heavy atom. The Kier molecular flexibility index (Phi) is 4.15. The van der Waals surface area contributed by atoms with E-state index >= 15 is 0 Å². The predicted molar refractivity (Wildman–Crippen MR) is 62.5 cm³/mol. The summed E-state index contributed by atoms with van der Waals surface area (Å²) < 4.78 is 52.6. The molecule has 1 heterocycles. The molecule has 1 amide bonds. The fraction of sp³-hybridized carbons (Fsp3) is 0.385. The first-order valence-electron chi connectivity index (χ1n) is 6.15. The zero-order valence-corrected chi connectivity index (χ0v) is 10.7. The van der Waals surface area contributed by atoms with Crippen molar-refractivity contribution < 1.29 is 32.3 Å². The Morgan fingerprint density at radius 2 is 1.86 bits per heavy atom. The first kappa shape index (κ1) is 15.3. The summed E-state index contributed by atoms with van der Waals surface area (Å²) in [5.74, 6) is -9.74. The Morgan fingerprint density at radius 3 is 2.48 bits per heavy atom. The first-order valence-corrected chi connectivity index (χ1v) is 6.15. The van der Waals surface area contributed by atoms with Crippen LogP contribution in [0.5, 0.6) is 0 Å². The van der Waals surface area contributed by atoms with Gasteiger partial charge in [-0.05, 0) is 18.4 Å². The molecule has 1 saturated heterocycles. The molecule has 21 heavy (non-hydrogen) atoms. The van der Waals surface area contributed by atoms with E-state index < -0.39 is 40.7 Å². The van der Waals surface area contributed by atoms with Gasteiger partial charge in [0.25, 0.3) is 5.91 Å². The van der Waals surface area contributed by atoms with Gasteiger partial charge in [-0.15, -0.1) is 0 Å². The molecule has 114 valence electrons. The average Bonchev–Trinajstić information content (AvgIpc) is 2.87. The molecule has 8 heteroatoms. The van der Waals surface area contributed by atoms with Gasteiger partial charge < -0.3 is 10.0 Å². The van der Waals surface area contributed by atoms with Crippen LogP contribution < -0.4 is 0 Å². The Labute approximate surface area is 117 Å². The number of nitrogens with zero attached hydrogens (tertiary/aromatic N) is 1. The number of benzene rings is 1. The highest BCUT2D eigenvalue weighted by atomic mass is 19.2. The molecule has 1 unspecified atom stereocenters. The summed E-state index contributed by atoms with van der Waals surface area (Å²) in [6.07, 6.45) is 0.240. The van der Waals surface area contributed by atoms with Gasteiger partial charge >= 0.3 is 5.97 Å². The smallest absolute Gasteiger partial charge is 0.303 e.